The van der Waals surface area contributed by atoms with E-state index in [0.717, 1.165) is 5.56 Å². The molecule has 1 aromatic rings. The van der Waals surface area contributed by atoms with E-state index in [2.05, 4.69) is 4.98 Å². The van der Waals surface area contributed by atoms with Crippen molar-refractivity contribution in [2.24, 2.45) is 0 Å². The van der Waals surface area contributed by atoms with Crippen molar-refractivity contribution in [3.05, 3.63) is 17.3 Å². The van der Waals surface area contributed by atoms with Crippen LogP contribution in [0.25, 0.3) is 0 Å². The molecule has 0 saturated carbocycles. The van der Waals surface area contributed by atoms with Crippen LogP contribution in [0.4, 0.5) is 4.79 Å². The molecule has 1 heterocycles. The highest BCUT2D eigenvalue weighted by molar-refractivity contribution is 5.67. The quantitative estimate of drug-likeness (QED) is 0.653. The molecule has 0 bridgehead atoms. The highest BCUT2D eigenvalue weighted by atomic mass is 16.6. The maximum Gasteiger partial charge on any atom is 0.410 e. The molecular formula is C20H31N3O4. The lowest BCUT2D eigenvalue weighted by Crippen LogP contribution is -2.36. The van der Waals surface area contributed by atoms with Gasteiger partial charge < -0.3 is 19.1 Å². The Balaban J connectivity index is 2.89. The molecule has 0 radical (unpaired) electrons. The van der Waals surface area contributed by atoms with Gasteiger partial charge in [-0.15, -0.1) is 5.26 Å². The highest BCUT2D eigenvalue weighted by Crippen LogP contribution is 2.35. The third-order valence-electron chi connectivity index (χ3n) is 3.70. The number of carbonyl (C=O) groups excluding carboxylic acids is 1. The van der Waals surface area contributed by atoms with E-state index in [1.807, 2.05) is 48.5 Å². The third-order valence-corrected chi connectivity index (χ3v) is 3.70. The van der Waals surface area contributed by atoms with Crippen LogP contribution in [0.15, 0.2) is 6.07 Å². The summed E-state index contributed by atoms with van der Waals surface area (Å²) in [5.74, 6) is 1.16. The minimum atomic E-state index is -0.539. The first-order valence-electron chi connectivity index (χ1n) is 9.14. The van der Waals surface area contributed by atoms with Gasteiger partial charge in [-0.2, -0.15) is 0 Å². The molecule has 0 fully saturated rings. The van der Waals surface area contributed by atoms with Crippen molar-refractivity contribution in [3.63, 3.8) is 0 Å². The molecule has 1 aromatic heterocycles. The Labute approximate surface area is 162 Å². The Morgan fingerprint density at radius 3 is 2.37 bits per heavy atom. The smallest absolute Gasteiger partial charge is 0.410 e. The second kappa shape index (κ2) is 9.45. The molecule has 0 N–H and O–H groups in total. The molecule has 0 saturated heterocycles. The molecule has 7 nitrogen and oxygen atoms in total. The molecule has 0 aliphatic carbocycles. The molecule has 7 heteroatoms. The van der Waals surface area contributed by atoms with E-state index in [-0.39, 0.29) is 18.4 Å². The molecule has 150 valence electrons. The van der Waals surface area contributed by atoms with Gasteiger partial charge in [0.25, 0.3) is 6.26 Å². The van der Waals surface area contributed by atoms with E-state index in [1.54, 1.807) is 19.4 Å². The van der Waals surface area contributed by atoms with Crippen LogP contribution in [0, 0.1) is 11.5 Å². The highest BCUT2D eigenvalue weighted by Gasteiger charge is 2.21. The van der Waals surface area contributed by atoms with E-state index in [4.69, 9.17) is 19.5 Å². The van der Waals surface area contributed by atoms with Crippen LogP contribution in [0.5, 0.6) is 11.6 Å². The summed E-state index contributed by atoms with van der Waals surface area (Å²) in [6, 6.07) is 1.79. The minimum absolute atomic E-state index is 0.0684. The molecular weight excluding hydrogens is 346 g/mol. The molecule has 0 aliphatic heterocycles. The van der Waals surface area contributed by atoms with Crippen LogP contribution in [-0.2, 0) is 4.74 Å². The van der Waals surface area contributed by atoms with Gasteiger partial charge in [0.1, 0.15) is 12.2 Å². The molecule has 1 rings (SSSR count). The topological polar surface area (TPSA) is 84.7 Å². The summed E-state index contributed by atoms with van der Waals surface area (Å²) in [5, 5.41) is 8.96. The maximum absolute atomic E-state index is 12.0. The van der Waals surface area contributed by atoms with Crippen LogP contribution in [-0.4, -0.2) is 41.8 Å². The summed E-state index contributed by atoms with van der Waals surface area (Å²) in [5.41, 5.74) is 1.01. The summed E-state index contributed by atoms with van der Waals surface area (Å²) >= 11 is 0. The number of likely N-dealkylation sites (N-methyl/N-ethyl adjacent to an activating group) is 1. The average Bonchev–Trinajstić information content (AvgIpc) is 2.53. The number of amides is 1. The Morgan fingerprint density at radius 1 is 1.26 bits per heavy atom. The molecule has 0 atom stereocenters. The number of rotatable bonds is 7. The van der Waals surface area contributed by atoms with E-state index in [1.165, 1.54) is 4.90 Å². The van der Waals surface area contributed by atoms with Gasteiger partial charge in [-0.1, -0.05) is 27.7 Å². The second-order valence-corrected chi connectivity index (χ2v) is 8.02. The first-order valence-corrected chi connectivity index (χ1v) is 9.14. The van der Waals surface area contributed by atoms with Crippen LogP contribution in [0.3, 0.4) is 0 Å². The minimum Gasteiger partial charge on any atom is -0.476 e. The molecule has 0 aliphatic rings. The summed E-state index contributed by atoms with van der Waals surface area (Å²) < 4.78 is 16.3. The lowest BCUT2D eigenvalue weighted by atomic mass is 9.98. The standard InChI is InChI=1S/C20H31N3O4/c1-13(2)15-11-16(22-17(14(3)4)18(15)26-12-21)25-10-9-23(8)19(24)27-20(5,6)7/h11,13-14H,9-10H2,1-8H3. The van der Waals surface area contributed by atoms with Crippen molar-refractivity contribution in [3.8, 4) is 17.9 Å². The zero-order chi connectivity index (χ0) is 20.8. The number of nitrogens with zero attached hydrogens (tertiary/aromatic N) is 3. The van der Waals surface area contributed by atoms with E-state index >= 15 is 0 Å². The number of nitriles is 1. The Hall–Kier alpha value is -2.49. The van der Waals surface area contributed by atoms with Crippen molar-refractivity contribution >= 4 is 6.09 Å². The van der Waals surface area contributed by atoms with E-state index in [0.29, 0.717) is 23.9 Å². The van der Waals surface area contributed by atoms with Crippen molar-refractivity contribution in [2.75, 3.05) is 20.2 Å². The fourth-order valence-corrected chi connectivity index (χ4v) is 2.32. The third kappa shape index (κ3) is 6.97. The lowest BCUT2D eigenvalue weighted by molar-refractivity contribution is 0.0277. The number of pyridine rings is 1. The maximum atomic E-state index is 12.0. The molecule has 1 amide bonds. The Kier molecular flexibility index (Phi) is 7.89. The number of ether oxygens (including phenoxy) is 3. The fraction of sp³-hybridized carbons (Fsp3) is 0.650. The zero-order valence-corrected chi connectivity index (χ0v) is 17.6. The van der Waals surface area contributed by atoms with Gasteiger partial charge in [0, 0.05) is 18.7 Å². The first kappa shape index (κ1) is 22.6. The molecule has 27 heavy (non-hydrogen) atoms. The predicted octanol–water partition coefficient (Wildman–Crippen LogP) is 4.43. The first-order chi connectivity index (χ1) is 12.5. The summed E-state index contributed by atoms with van der Waals surface area (Å²) in [6.45, 7) is 14.1. The Morgan fingerprint density at radius 2 is 1.89 bits per heavy atom. The summed E-state index contributed by atoms with van der Waals surface area (Å²) in [7, 11) is 1.66. The fourth-order valence-electron chi connectivity index (χ4n) is 2.32. The molecule has 0 spiro atoms. The van der Waals surface area contributed by atoms with Crippen molar-refractivity contribution in [1.29, 1.82) is 5.26 Å². The number of hydrogen-bond acceptors (Lipinski definition) is 6. The van der Waals surface area contributed by atoms with Crippen LogP contribution in [0.1, 0.15) is 71.6 Å². The van der Waals surface area contributed by atoms with E-state index < -0.39 is 11.7 Å². The van der Waals surface area contributed by atoms with Gasteiger partial charge in [0.05, 0.1) is 12.2 Å². The summed E-state index contributed by atoms with van der Waals surface area (Å²) in [6.07, 6.45) is 1.34. The lowest BCUT2D eigenvalue weighted by Gasteiger charge is -2.24. The summed E-state index contributed by atoms with van der Waals surface area (Å²) in [4.78, 5) is 18.0. The molecule has 0 aromatic carbocycles. The average molecular weight is 377 g/mol. The van der Waals surface area contributed by atoms with Gasteiger partial charge in [-0.25, -0.2) is 9.78 Å². The predicted molar refractivity (Wildman–Crippen MR) is 103 cm³/mol. The van der Waals surface area contributed by atoms with Crippen molar-refractivity contribution in [1.82, 2.24) is 9.88 Å². The van der Waals surface area contributed by atoms with Crippen molar-refractivity contribution < 1.29 is 19.0 Å². The Bertz CT molecular complexity index is 658. The van der Waals surface area contributed by atoms with Gasteiger partial charge in [-0.05, 0) is 32.6 Å². The largest absolute Gasteiger partial charge is 0.476 e. The van der Waals surface area contributed by atoms with Gasteiger partial charge >= 0.3 is 6.09 Å². The van der Waals surface area contributed by atoms with Gasteiger partial charge in [-0.3, -0.25) is 0 Å². The van der Waals surface area contributed by atoms with Crippen molar-refractivity contribution in [2.45, 2.75) is 65.9 Å². The number of carbonyl (C=O) groups is 1. The SMILES string of the molecule is CC(C)c1cc(OCCN(C)C(=O)OC(C)(C)C)nc(C(C)C)c1OC#N. The second-order valence-electron chi connectivity index (χ2n) is 8.02. The van der Waals surface area contributed by atoms with E-state index in [9.17, 15) is 4.79 Å². The van der Waals surface area contributed by atoms with Gasteiger partial charge in [0.15, 0.2) is 5.75 Å². The van der Waals surface area contributed by atoms with Gasteiger partial charge in [0.2, 0.25) is 5.88 Å². The number of hydrogen-bond donors (Lipinski definition) is 0. The monoisotopic (exact) mass is 377 g/mol. The van der Waals surface area contributed by atoms with Crippen LogP contribution < -0.4 is 9.47 Å². The normalized spacial score (nSPS) is 11.3. The zero-order valence-electron chi connectivity index (χ0n) is 17.6. The van der Waals surface area contributed by atoms with Crippen LogP contribution in [0.2, 0.25) is 0 Å². The number of aromatic nitrogens is 1. The van der Waals surface area contributed by atoms with Crippen LogP contribution >= 0.6 is 0 Å². The molecule has 0 unspecified atom stereocenters.